The monoisotopic (exact) mass is 343 g/mol. The summed E-state index contributed by atoms with van der Waals surface area (Å²) in [6.07, 6.45) is 1.03. The summed E-state index contributed by atoms with van der Waals surface area (Å²) in [5, 5.41) is 9.36. The number of para-hydroxylation sites is 2. The van der Waals surface area contributed by atoms with E-state index >= 15 is 0 Å². The molecule has 0 saturated heterocycles. The van der Waals surface area contributed by atoms with Crippen LogP contribution in [0.15, 0.2) is 53.5 Å². The quantitative estimate of drug-likeness (QED) is 0.870. The molecule has 124 valence electrons. The van der Waals surface area contributed by atoms with E-state index in [-0.39, 0.29) is 30.5 Å². The molecule has 1 N–H and O–H groups in total. The number of nitrogens with zero attached hydrogens (tertiary/aromatic N) is 3. The highest BCUT2D eigenvalue weighted by Gasteiger charge is 2.34. The van der Waals surface area contributed by atoms with Crippen LogP contribution in [0.5, 0.6) is 5.75 Å². The highest BCUT2D eigenvalue weighted by molar-refractivity contribution is 6.19. The third-order valence-corrected chi connectivity index (χ3v) is 4.23. The Morgan fingerprint density at radius 3 is 2.54 bits per heavy atom. The van der Waals surface area contributed by atoms with E-state index in [1.54, 1.807) is 12.1 Å². The molecule has 0 saturated carbocycles. The summed E-state index contributed by atoms with van der Waals surface area (Å²) >= 11 is 0. The number of anilines is 2. The zero-order valence-electron chi connectivity index (χ0n) is 13.1. The second kappa shape index (κ2) is 6.53. The Bertz CT molecular complexity index is 789. The Kier molecular flexibility index (Phi) is 4.44. The Hall–Kier alpha value is -2.53. The van der Waals surface area contributed by atoms with Crippen molar-refractivity contribution >= 4 is 35.5 Å². The number of aliphatic imine (C=N–C) groups is 1. The van der Waals surface area contributed by atoms with Crippen molar-refractivity contribution in [1.29, 1.82) is 0 Å². The topological polar surface area (TPSA) is 56.1 Å². The van der Waals surface area contributed by atoms with Gasteiger partial charge in [-0.2, -0.15) is 0 Å². The molecule has 0 atom stereocenters. The summed E-state index contributed by atoms with van der Waals surface area (Å²) in [6.45, 7) is 1.97. The van der Waals surface area contributed by atoms with Crippen LogP contribution in [-0.4, -0.2) is 36.5 Å². The van der Waals surface area contributed by atoms with Gasteiger partial charge in [-0.15, -0.1) is 12.4 Å². The Labute approximate surface area is 146 Å². The fourth-order valence-electron chi connectivity index (χ4n) is 3.12. The average Bonchev–Trinajstić information content (AvgIpc) is 2.90. The van der Waals surface area contributed by atoms with E-state index in [9.17, 15) is 9.90 Å². The third kappa shape index (κ3) is 2.71. The van der Waals surface area contributed by atoms with Crippen LogP contribution in [-0.2, 0) is 0 Å². The molecule has 24 heavy (non-hydrogen) atoms. The summed E-state index contributed by atoms with van der Waals surface area (Å²) < 4.78 is 0. The zero-order valence-corrected chi connectivity index (χ0v) is 13.9. The molecule has 0 fully saturated rings. The van der Waals surface area contributed by atoms with Crippen molar-refractivity contribution in [2.75, 3.05) is 29.4 Å². The van der Waals surface area contributed by atoms with Crippen LogP contribution >= 0.6 is 12.4 Å². The highest BCUT2D eigenvalue weighted by atomic mass is 35.5. The molecule has 4 rings (SSSR count). The highest BCUT2D eigenvalue weighted by Crippen LogP contribution is 2.38. The molecule has 2 aliphatic rings. The van der Waals surface area contributed by atoms with Gasteiger partial charge in [0.05, 0.1) is 17.9 Å². The number of rotatable bonds is 3. The predicted molar refractivity (Wildman–Crippen MR) is 97.7 cm³/mol. The van der Waals surface area contributed by atoms with E-state index in [4.69, 9.17) is 0 Å². The van der Waals surface area contributed by atoms with Crippen LogP contribution in [0.3, 0.4) is 0 Å². The molecule has 0 bridgehead atoms. The molecular formula is C18H18ClN3O2. The van der Waals surface area contributed by atoms with Gasteiger partial charge in [-0.25, -0.2) is 0 Å². The first-order chi connectivity index (χ1) is 11.2. The van der Waals surface area contributed by atoms with E-state index in [1.807, 2.05) is 23.1 Å². The maximum atomic E-state index is 12.6. The van der Waals surface area contributed by atoms with E-state index in [0.29, 0.717) is 5.56 Å². The van der Waals surface area contributed by atoms with Crippen molar-refractivity contribution in [3.8, 4) is 5.75 Å². The lowest BCUT2D eigenvalue weighted by Crippen LogP contribution is -2.43. The molecule has 0 aliphatic carbocycles. The van der Waals surface area contributed by atoms with Crippen molar-refractivity contribution in [2.24, 2.45) is 4.99 Å². The van der Waals surface area contributed by atoms with Crippen molar-refractivity contribution in [2.45, 2.75) is 6.42 Å². The summed E-state index contributed by atoms with van der Waals surface area (Å²) in [4.78, 5) is 21.4. The number of benzene rings is 2. The maximum absolute atomic E-state index is 12.6. The number of fused-ring (bicyclic) bond motifs is 3. The number of carbonyl (C=O) groups excluding carboxylic acids is 1. The van der Waals surface area contributed by atoms with Gasteiger partial charge < -0.3 is 14.9 Å². The first kappa shape index (κ1) is 16.3. The predicted octanol–water partition coefficient (Wildman–Crippen LogP) is 3.08. The zero-order chi connectivity index (χ0) is 15.8. The Balaban J connectivity index is 0.00000169. The SMILES string of the molecule is Cl.O=C(CN1C2=NCCCN2c2ccccc21)c1ccc(O)cc1. The van der Waals surface area contributed by atoms with Crippen LogP contribution in [0.2, 0.25) is 0 Å². The van der Waals surface area contributed by atoms with Gasteiger partial charge in [-0.3, -0.25) is 9.79 Å². The van der Waals surface area contributed by atoms with Gasteiger partial charge in [-0.05, 0) is 42.8 Å². The minimum absolute atomic E-state index is 0. The molecule has 2 heterocycles. The molecule has 0 unspecified atom stereocenters. The van der Waals surface area contributed by atoms with Crippen molar-refractivity contribution in [3.05, 3.63) is 54.1 Å². The Morgan fingerprint density at radius 1 is 1.08 bits per heavy atom. The smallest absolute Gasteiger partial charge is 0.206 e. The standard InChI is InChI=1S/C18H17N3O2.ClH/c22-14-8-6-13(7-9-14)17(23)12-21-16-5-2-1-4-15(16)20-11-3-10-19-18(20)21;/h1-2,4-9,22H,3,10-12H2;1H. The molecule has 0 spiro atoms. The van der Waals surface area contributed by atoms with Crippen LogP contribution in [0, 0.1) is 0 Å². The number of phenolic OH excluding ortho intramolecular Hbond substituents is 1. The molecule has 0 radical (unpaired) electrons. The molecule has 0 aromatic heterocycles. The van der Waals surface area contributed by atoms with Gasteiger partial charge in [0.15, 0.2) is 5.78 Å². The largest absolute Gasteiger partial charge is 0.508 e. The van der Waals surface area contributed by atoms with Gasteiger partial charge in [0, 0.05) is 18.7 Å². The van der Waals surface area contributed by atoms with Gasteiger partial charge in [0.1, 0.15) is 5.75 Å². The first-order valence-electron chi connectivity index (χ1n) is 7.75. The van der Waals surface area contributed by atoms with Gasteiger partial charge >= 0.3 is 0 Å². The molecular weight excluding hydrogens is 326 g/mol. The van der Waals surface area contributed by atoms with Crippen molar-refractivity contribution in [3.63, 3.8) is 0 Å². The number of aromatic hydroxyl groups is 1. The third-order valence-electron chi connectivity index (χ3n) is 4.23. The molecule has 6 heteroatoms. The van der Waals surface area contributed by atoms with Crippen LogP contribution < -0.4 is 9.80 Å². The van der Waals surface area contributed by atoms with E-state index < -0.39 is 0 Å². The lowest BCUT2D eigenvalue weighted by Gasteiger charge is -2.26. The molecule has 0 amide bonds. The summed E-state index contributed by atoms with van der Waals surface area (Å²) in [7, 11) is 0. The average molecular weight is 344 g/mol. The van der Waals surface area contributed by atoms with Crippen molar-refractivity contribution in [1.82, 2.24) is 0 Å². The van der Waals surface area contributed by atoms with E-state index in [0.717, 1.165) is 36.8 Å². The Morgan fingerprint density at radius 2 is 1.79 bits per heavy atom. The van der Waals surface area contributed by atoms with Gasteiger partial charge in [0.25, 0.3) is 0 Å². The molecule has 2 aliphatic heterocycles. The number of guanidine groups is 1. The molecule has 2 aromatic rings. The molecule has 5 nitrogen and oxygen atoms in total. The summed E-state index contributed by atoms with van der Waals surface area (Å²) in [6, 6.07) is 14.5. The normalized spacial score (nSPS) is 15.2. The van der Waals surface area contributed by atoms with E-state index in [2.05, 4.69) is 16.0 Å². The summed E-state index contributed by atoms with van der Waals surface area (Å²) in [5.41, 5.74) is 2.74. The van der Waals surface area contributed by atoms with Crippen LogP contribution in [0.25, 0.3) is 0 Å². The fraction of sp³-hybridized carbons (Fsp3) is 0.222. The number of carbonyl (C=O) groups is 1. The lowest BCUT2D eigenvalue weighted by atomic mass is 10.1. The maximum Gasteiger partial charge on any atom is 0.206 e. The summed E-state index contributed by atoms with van der Waals surface area (Å²) in [5.74, 6) is 1.04. The number of hydrogen-bond donors (Lipinski definition) is 1. The number of phenols is 1. The minimum atomic E-state index is 0. The van der Waals surface area contributed by atoms with E-state index in [1.165, 1.54) is 12.1 Å². The first-order valence-corrected chi connectivity index (χ1v) is 7.75. The lowest BCUT2D eigenvalue weighted by molar-refractivity contribution is 0.100. The number of ketones is 1. The number of halogens is 1. The molecule has 2 aromatic carbocycles. The van der Waals surface area contributed by atoms with Gasteiger partial charge in [-0.1, -0.05) is 12.1 Å². The minimum Gasteiger partial charge on any atom is -0.508 e. The second-order valence-electron chi connectivity index (χ2n) is 5.73. The second-order valence-corrected chi connectivity index (χ2v) is 5.73. The number of hydrogen-bond acceptors (Lipinski definition) is 5. The van der Waals surface area contributed by atoms with Crippen LogP contribution in [0.4, 0.5) is 11.4 Å². The van der Waals surface area contributed by atoms with Crippen LogP contribution in [0.1, 0.15) is 16.8 Å². The van der Waals surface area contributed by atoms with Gasteiger partial charge in [0.2, 0.25) is 5.96 Å². The number of Topliss-reactive ketones (excluding diaryl/α,β-unsaturated/α-hetero) is 1. The fourth-order valence-corrected chi connectivity index (χ4v) is 3.12. The van der Waals surface area contributed by atoms with Crippen molar-refractivity contribution < 1.29 is 9.90 Å².